The van der Waals surface area contributed by atoms with Crippen LogP contribution in [-0.4, -0.2) is 26.2 Å². The first-order valence-corrected chi connectivity index (χ1v) is 4.48. The largest absolute Gasteiger partial charge is 0.469 e. The zero-order chi connectivity index (χ0) is 9.03. The number of ether oxygens (including phenoxy) is 1. The van der Waals surface area contributed by atoms with Crippen LogP contribution in [0.15, 0.2) is 0 Å². The topological polar surface area (TPSA) is 38.3 Å². The molecule has 0 bridgehead atoms. The van der Waals surface area contributed by atoms with Gasteiger partial charge in [0.2, 0.25) is 0 Å². The van der Waals surface area contributed by atoms with E-state index in [1.54, 1.807) is 0 Å². The molecule has 3 nitrogen and oxygen atoms in total. The second-order valence-electron chi connectivity index (χ2n) is 3.66. The van der Waals surface area contributed by atoms with Crippen molar-refractivity contribution < 1.29 is 9.53 Å². The number of methoxy groups -OCH3 is 1. The van der Waals surface area contributed by atoms with Crippen molar-refractivity contribution in [2.75, 3.05) is 20.2 Å². The van der Waals surface area contributed by atoms with Gasteiger partial charge in [-0.3, -0.25) is 4.79 Å². The Labute approximate surface area is 73.5 Å². The number of hydrogen-bond acceptors (Lipinski definition) is 3. The van der Waals surface area contributed by atoms with Crippen LogP contribution in [0.25, 0.3) is 0 Å². The highest BCUT2D eigenvalue weighted by Crippen LogP contribution is 2.29. The Bertz CT molecular complexity index is 160. The van der Waals surface area contributed by atoms with Crippen LogP contribution < -0.4 is 5.32 Å². The molecule has 0 aromatic heterocycles. The van der Waals surface area contributed by atoms with Crippen LogP contribution in [-0.2, 0) is 9.53 Å². The van der Waals surface area contributed by atoms with E-state index in [4.69, 9.17) is 4.74 Å². The van der Waals surface area contributed by atoms with E-state index < -0.39 is 0 Å². The highest BCUT2D eigenvalue weighted by atomic mass is 16.5. The maximum atomic E-state index is 11.4. The molecule has 3 heteroatoms. The Morgan fingerprint density at radius 1 is 1.42 bits per heavy atom. The molecule has 70 valence electrons. The van der Waals surface area contributed by atoms with E-state index in [1.807, 2.05) is 6.92 Å². The van der Waals surface area contributed by atoms with Crippen LogP contribution in [0.3, 0.4) is 0 Å². The first-order chi connectivity index (χ1) is 5.69. The first-order valence-electron chi connectivity index (χ1n) is 4.48. The number of esters is 1. The highest BCUT2D eigenvalue weighted by molar-refractivity contribution is 5.76. The summed E-state index contributed by atoms with van der Waals surface area (Å²) < 4.78 is 4.78. The van der Waals surface area contributed by atoms with E-state index in [2.05, 4.69) is 5.32 Å². The molecule has 0 saturated carbocycles. The fourth-order valence-corrected chi connectivity index (χ4v) is 1.67. The van der Waals surface area contributed by atoms with Gasteiger partial charge < -0.3 is 10.1 Å². The molecule has 1 rings (SSSR count). The average Bonchev–Trinajstić information content (AvgIpc) is 2.29. The molecule has 1 heterocycles. The number of hydrogen-bond donors (Lipinski definition) is 1. The maximum Gasteiger partial charge on any atom is 0.311 e. The third-order valence-corrected chi connectivity index (χ3v) is 2.61. The molecular formula is C9H17NO2. The van der Waals surface area contributed by atoms with Crippen molar-refractivity contribution in [3.63, 3.8) is 0 Å². The molecule has 0 spiro atoms. The number of rotatable bonds is 1. The number of carbonyl (C=O) groups is 1. The van der Waals surface area contributed by atoms with E-state index in [1.165, 1.54) is 7.11 Å². The van der Waals surface area contributed by atoms with Crippen LogP contribution >= 0.6 is 0 Å². The van der Waals surface area contributed by atoms with Gasteiger partial charge in [0.05, 0.1) is 12.5 Å². The third-order valence-electron chi connectivity index (χ3n) is 2.61. The molecule has 0 amide bonds. The fourth-order valence-electron chi connectivity index (χ4n) is 1.67. The summed E-state index contributed by atoms with van der Waals surface area (Å²) >= 11 is 0. The number of nitrogens with one attached hydrogen (secondary N) is 1. The van der Waals surface area contributed by atoms with Crippen molar-refractivity contribution in [1.82, 2.24) is 5.32 Å². The van der Waals surface area contributed by atoms with Gasteiger partial charge in [0.1, 0.15) is 0 Å². The first kappa shape index (κ1) is 9.52. The summed E-state index contributed by atoms with van der Waals surface area (Å²) in [7, 11) is 1.46. The minimum absolute atomic E-state index is 0.0637. The smallest absolute Gasteiger partial charge is 0.311 e. The summed E-state index contributed by atoms with van der Waals surface area (Å²) in [4.78, 5) is 11.4. The Morgan fingerprint density at radius 3 is 2.83 bits per heavy atom. The number of carbonyl (C=O) groups excluding carboxylic acids is 1. The lowest BCUT2D eigenvalue weighted by atomic mass is 9.83. The molecule has 1 atom stereocenters. The van der Waals surface area contributed by atoms with Gasteiger partial charge in [-0.2, -0.15) is 0 Å². The van der Waals surface area contributed by atoms with E-state index in [0.29, 0.717) is 0 Å². The van der Waals surface area contributed by atoms with Gasteiger partial charge in [0.15, 0.2) is 0 Å². The molecule has 12 heavy (non-hydrogen) atoms. The second kappa shape index (κ2) is 3.90. The Kier molecular flexibility index (Phi) is 3.09. The zero-order valence-corrected chi connectivity index (χ0v) is 7.85. The molecule has 0 radical (unpaired) electrons. The Balaban J connectivity index is 2.59. The van der Waals surface area contributed by atoms with E-state index in [9.17, 15) is 4.79 Å². The summed E-state index contributed by atoms with van der Waals surface area (Å²) in [6, 6.07) is 0. The monoisotopic (exact) mass is 171 g/mol. The lowest BCUT2D eigenvalue weighted by molar-refractivity contribution is -0.152. The van der Waals surface area contributed by atoms with Crippen molar-refractivity contribution in [3.05, 3.63) is 0 Å². The molecule has 1 aliphatic heterocycles. The third kappa shape index (κ3) is 1.97. The molecular weight excluding hydrogens is 154 g/mol. The van der Waals surface area contributed by atoms with Crippen LogP contribution in [0.4, 0.5) is 0 Å². The predicted octanol–water partition coefficient (Wildman–Crippen LogP) is 0.939. The van der Waals surface area contributed by atoms with Gasteiger partial charge in [-0.1, -0.05) is 0 Å². The maximum absolute atomic E-state index is 11.4. The fraction of sp³-hybridized carbons (Fsp3) is 0.889. The standard InChI is InChI=1S/C9H17NO2/c1-9(8(11)12-2)4-3-6-10-7-5-9/h10H,3-7H2,1-2H3. The van der Waals surface area contributed by atoms with Gasteiger partial charge in [-0.15, -0.1) is 0 Å². The van der Waals surface area contributed by atoms with E-state index >= 15 is 0 Å². The van der Waals surface area contributed by atoms with Crippen LogP contribution in [0.5, 0.6) is 0 Å². The zero-order valence-electron chi connectivity index (χ0n) is 7.85. The van der Waals surface area contributed by atoms with E-state index in [0.717, 1.165) is 32.4 Å². The lowest BCUT2D eigenvalue weighted by Crippen LogP contribution is -2.30. The van der Waals surface area contributed by atoms with Crippen molar-refractivity contribution in [1.29, 1.82) is 0 Å². The average molecular weight is 171 g/mol. The molecule has 1 fully saturated rings. The van der Waals surface area contributed by atoms with Gasteiger partial charge in [0, 0.05) is 0 Å². The summed E-state index contributed by atoms with van der Waals surface area (Å²) in [5.74, 6) is -0.0637. The Hall–Kier alpha value is -0.570. The summed E-state index contributed by atoms with van der Waals surface area (Å²) in [6.07, 6.45) is 2.89. The quantitative estimate of drug-likeness (QED) is 0.597. The molecule has 1 aliphatic rings. The summed E-state index contributed by atoms with van der Waals surface area (Å²) in [5.41, 5.74) is -0.252. The van der Waals surface area contributed by atoms with Crippen molar-refractivity contribution >= 4 is 5.97 Å². The van der Waals surface area contributed by atoms with Crippen molar-refractivity contribution in [2.45, 2.75) is 26.2 Å². The summed E-state index contributed by atoms with van der Waals surface area (Å²) in [6.45, 7) is 3.93. The van der Waals surface area contributed by atoms with Crippen LogP contribution in [0, 0.1) is 5.41 Å². The SMILES string of the molecule is COC(=O)C1(C)CCCNCC1. The molecule has 1 unspecified atom stereocenters. The molecule has 0 aromatic rings. The second-order valence-corrected chi connectivity index (χ2v) is 3.66. The highest BCUT2D eigenvalue weighted by Gasteiger charge is 2.34. The predicted molar refractivity (Wildman–Crippen MR) is 46.8 cm³/mol. The van der Waals surface area contributed by atoms with Crippen LogP contribution in [0.1, 0.15) is 26.2 Å². The molecule has 1 saturated heterocycles. The minimum atomic E-state index is -0.252. The lowest BCUT2D eigenvalue weighted by Gasteiger charge is -2.23. The van der Waals surface area contributed by atoms with Crippen molar-refractivity contribution in [3.8, 4) is 0 Å². The van der Waals surface area contributed by atoms with Crippen molar-refractivity contribution in [2.24, 2.45) is 5.41 Å². The summed E-state index contributed by atoms with van der Waals surface area (Å²) in [5, 5.41) is 3.27. The van der Waals surface area contributed by atoms with Gasteiger partial charge in [-0.25, -0.2) is 0 Å². The molecule has 0 aromatic carbocycles. The van der Waals surface area contributed by atoms with Gasteiger partial charge >= 0.3 is 5.97 Å². The van der Waals surface area contributed by atoms with Crippen LogP contribution in [0.2, 0.25) is 0 Å². The minimum Gasteiger partial charge on any atom is -0.469 e. The van der Waals surface area contributed by atoms with E-state index in [-0.39, 0.29) is 11.4 Å². The van der Waals surface area contributed by atoms with Gasteiger partial charge in [-0.05, 0) is 39.3 Å². The van der Waals surface area contributed by atoms with Gasteiger partial charge in [0.25, 0.3) is 0 Å². The molecule has 0 aliphatic carbocycles. The Morgan fingerprint density at radius 2 is 2.17 bits per heavy atom. The molecule has 1 N–H and O–H groups in total. The normalized spacial score (nSPS) is 30.8.